The van der Waals surface area contributed by atoms with E-state index in [1.54, 1.807) is 0 Å². The highest BCUT2D eigenvalue weighted by molar-refractivity contribution is 5.80. The maximum absolute atomic E-state index is 12.2. The second kappa shape index (κ2) is 17.6. The number of unbranched alkanes of at least 4 members (excludes halogenated alkanes) is 13. The Morgan fingerprint density at radius 1 is 0.917 bits per heavy atom. The summed E-state index contributed by atoms with van der Waals surface area (Å²) < 4.78 is 7.89. The molecule has 3 rings (SSSR count). The number of benzene rings is 1. The lowest BCUT2D eigenvalue weighted by Crippen LogP contribution is -2.34. The van der Waals surface area contributed by atoms with Gasteiger partial charge in [0.25, 0.3) is 0 Å². The fraction of sp³-hybridized carbons (Fsp3) is 0.742. The van der Waals surface area contributed by atoms with Gasteiger partial charge in [0.15, 0.2) is 0 Å². The van der Waals surface area contributed by atoms with Crippen LogP contribution in [0.5, 0.6) is 0 Å². The van der Waals surface area contributed by atoms with E-state index in [0.29, 0.717) is 13.2 Å². The van der Waals surface area contributed by atoms with E-state index in [9.17, 15) is 4.79 Å². The Balaban J connectivity index is 1.28. The van der Waals surface area contributed by atoms with Crippen molar-refractivity contribution in [2.45, 2.75) is 135 Å². The zero-order valence-corrected chi connectivity index (χ0v) is 22.9. The summed E-state index contributed by atoms with van der Waals surface area (Å²) in [7, 11) is 0. The molecule has 1 atom stereocenters. The third kappa shape index (κ3) is 10.2. The molecule has 1 aliphatic rings. The van der Waals surface area contributed by atoms with Gasteiger partial charge in [0, 0.05) is 26.1 Å². The first kappa shape index (κ1) is 28.7. The van der Waals surface area contributed by atoms with Crippen LogP contribution in [-0.2, 0) is 22.5 Å². The van der Waals surface area contributed by atoms with Crippen molar-refractivity contribution < 1.29 is 9.53 Å². The number of aryl methyl sites for hydroxylation is 2. The van der Waals surface area contributed by atoms with Crippen molar-refractivity contribution in [3.63, 3.8) is 0 Å². The minimum atomic E-state index is -0.241. The standard InChI is InChI=1S/C31H51N3O2/c1-2-3-4-5-6-7-8-9-10-11-12-13-14-17-25-34-28-21-16-15-20-27(28)33-30(34)23-18-24-32-31(35)29-22-19-26-36-29/h15-16,20-21,29H,2-14,17-19,22-26H2,1H3,(H,32,35). The van der Waals surface area contributed by atoms with Crippen molar-refractivity contribution >= 4 is 16.9 Å². The lowest BCUT2D eigenvalue weighted by Gasteiger charge is -2.11. The smallest absolute Gasteiger partial charge is 0.249 e. The molecule has 1 saturated heterocycles. The van der Waals surface area contributed by atoms with Gasteiger partial charge in [0.2, 0.25) is 5.91 Å². The third-order valence-electron chi connectivity index (χ3n) is 7.57. The van der Waals surface area contributed by atoms with Crippen LogP contribution in [-0.4, -0.2) is 34.7 Å². The lowest BCUT2D eigenvalue weighted by molar-refractivity contribution is -0.130. The van der Waals surface area contributed by atoms with E-state index in [-0.39, 0.29) is 12.0 Å². The number of nitrogens with one attached hydrogen (secondary N) is 1. The van der Waals surface area contributed by atoms with Crippen LogP contribution < -0.4 is 5.32 Å². The van der Waals surface area contributed by atoms with Gasteiger partial charge in [-0.3, -0.25) is 4.79 Å². The zero-order chi connectivity index (χ0) is 25.3. The Morgan fingerprint density at radius 2 is 1.56 bits per heavy atom. The molecular formula is C31H51N3O2. The molecule has 2 aromatic rings. The molecule has 1 aromatic heterocycles. The number of rotatable bonds is 20. The lowest BCUT2D eigenvalue weighted by atomic mass is 10.0. The van der Waals surface area contributed by atoms with E-state index in [1.165, 1.54) is 95.4 Å². The van der Waals surface area contributed by atoms with Crippen LogP contribution in [0.3, 0.4) is 0 Å². The normalized spacial score (nSPS) is 15.6. The van der Waals surface area contributed by atoms with Gasteiger partial charge in [-0.05, 0) is 37.8 Å². The Morgan fingerprint density at radius 3 is 2.19 bits per heavy atom. The second-order valence-electron chi connectivity index (χ2n) is 10.7. The Hall–Kier alpha value is -1.88. The molecule has 0 radical (unpaired) electrons. The first-order valence-electron chi connectivity index (χ1n) is 15.1. The van der Waals surface area contributed by atoms with Crippen LogP contribution in [0.15, 0.2) is 24.3 Å². The number of hydrogen-bond donors (Lipinski definition) is 1. The van der Waals surface area contributed by atoms with Crippen molar-refractivity contribution in [3.8, 4) is 0 Å². The monoisotopic (exact) mass is 497 g/mol. The van der Waals surface area contributed by atoms with Crippen molar-refractivity contribution in [2.24, 2.45) is 0 Å². The Labute approximate surface area is 219 Å². The molecule has 0 spiro atoms. The van der Waals surface area contributed by atoms with E-state index < -0.39 is 0 Å². The third-order valence-corrected chi connectivity index (χ3v) is 7.57. The number of aromatic nitrogens is 2. The number of carbonyl (C=O) groups is 1. The SMILES string of the molecule is CCCCCCCCCCCCCCCCn1c(CCCNC(=O)C2CCCO2)nc2ccccc21. The predicted octanol–water partition coefficient (Wildman–Crippen LogP) is 7.75. The highest BCUT2D eigenvalue weighted by Crippen LogP contribution is 2.19. The molecule has 202 valence electrons. The topological polar surface area (TPSA) is 56.2 Å². The van der Waals surface area contributed by atoms with Crippen molar-refractivity contribution in [2.75, 3.05) is 13.2 Å². The first-order valence-corrected chi connectivity index (χ1v) is 15.1. The molecule has 1 aromatic carbocycles. The molecule has 1 aliphatic heterocycles. The van der Waals surface area contributed by atoms with Gasteiger partial charge in [-0.15, -0.1) is 0 Å². The fourth-order valence-corrected chi connectivity index (χ4v) is 5.39. The second-order valence-corrected chi connectivity index (χ2v) is 10.7. The number of hydrogen-bond acceptors (Lipinski definition) is 3. The molecule has 1 amide bonds. The Bertz CT molecular complexity index is 857. The van der Waals surface area contributed by atoms with E-state index in [0.717, 1.165) is 43.6 Å². The van der Waals surface area contributed by atoms with Gasteiger partial charge in [-0.25, -0.2) is 4.98 Å². The average molecular weight is 498 g/mol. The summed E-state index contributed by atoms with van der Waals surface area (Å²) in [6.45, 7) is 4.72. The zero-order valence-electron chi connectivity index (χ0n) is 22.9. The van der Waals surface area contributed by atoms with Crippen molar-refractivity contribution in [1.82, 2.24) is 14.9 Å². The van der Waals surface area contributed by atoms with Crippen LogP contribution in [0.25, 0.3) is 11.0 Å². The van der Waals surface area contributed by atoms with Gasteiger partial charge >= 0.3 is 0 Å². The maximum Gasteiger partial charge on any atom is 0.249 e. The van der Waals surface area contributed by atoms with Gasteiger partial charge in [0.1, 0.15) is 11.9 Å². The molecule has 36 heavy (non-hydrogen) atoms. The summed E-state index contributed by atoms with van der Waals surface area (Å²) in [6, 6.07) is 8.48. The average Bonchev–Trinajstić information content (AvgIpc) is 3.55. The van der Waals surface area contributed by atoms with Gasteiger partial charge in [0.05, 0.1) is 11.0 Å². The fourth-order valence-electron chi connectivity index (χ4n) is 5.39. The van der Waals surface area contributed by atoms with Crippen LogP contribution in [0.2, 0.25) is 0 Å². The summed E-state index contributed by atoms with van der Waals surface area (Å²) in [4.78, 5) is 17.1. The molecule has 1 unspecified atom stereocenters. The maximum atomic E-state index is 12.2. The van der Waals surface area contributed by atoms with E-state index in [2.05, 4.69) is 41.1 Å². The summed E-state index contributed by atoms with van der Waals surface area (Å²) in [6.07, 6.45) is 22.8. The van der Waals surface area contributed by atoms with Crippen molar-refractivity contribution in [3.05, 3.63) is 30.1 Å². The number of carbonyl (C=O) groups excluding carboxylic acids is 1. The quantitative estimate of drug-likeness (QED) is 0.190. The predicted molar refractivity (Wildman–Crippen MR) is 150 cm³/mol. The van der Waals surface area contributed by atoms with Crippen LogP contribution >= 0.6 is 0 Å². The molecule has 0 bridgehead atoms. The van der Waals surface area contributed by atoms with E-state index >= 15 is 0 Å². The number of para-hydroxylation sites is 2. The van der Waals surface area contributed by atoms with Crippen LogP contribution in [0.1, 0.15) is 122 Å². The van der Waals surface area contributed by atoms with Gasteiger partial charge in [-0.2, -0.15) is 0 Å². The summed E-state index contributed by atoms with van der Waals surface area (Å²) >= 11 is 0. The largest absolute Gasteiger partial charge is 0.368 e. The molecule has 1 fully saturated rings. The highest BCUT2D eigenvalue weighted by Gasteiger charge is 2.22. The molecule has 0 aliphatic carbocycles. The highest BCUT2D eigenvalue weighted by atomic mass is 16.5. The minimum absolute atomic E-state index is 0.0448. The van der Waals surface area contributed by atoms with Crippen LogP contribution in [0, 0.1) is 0 Å². The molecule has 2 heterocycles. The first-order chi connectivity index (χ1) is 17.8. The van der Waals surface area contributed by atoms with Crippen molar-refractivity contribution in [1.29, 1.82) is 0 Å². The Kier molecular flexibility index (Phi) is 14.0. The van der Waals surface area contributed by atoms with Gasteiger partial charge < -0.3 is 14.6 Å². The minimum Gasteiger partial charge on any atom is -0.368 e. The van der Waals surface area contributed by atoms with Crippen LogP contribution in [0.4, 0.5) is 0 Å². The molecular weight excluding hydrogens is 446 g/mol. The molecule has 5 heteroatoms. The van der Waals surface area contributed by atoms with E-state index in [1.807, 2.05) is 0 Å². The number of ether oxygens (including phenoxy) is 1. The number of nitrogens with zero attached hydrogens (tertiary/aromatic N) is 2. The van der Waals surface area contributed by atoms with Gasteiger partial charge in [-0.1, -0.05) is 103 Å². The molecule has 1 N–H and O–H groups in total. The summed E-state index contributed by atoms with van der Waals surface area (Å²) in [5.74, 6) is 1.20. The molecule has 5 nitrogen and oxygen atoms in total. The van der Waals surface area contributed by atoms with E-state index in [4.69, 9.17) is 9.72 Å². The number of amides is 1. The molecule has 0 saturated carbocycles. The number of imidazole rings is 1. The number of fused-ring (bicyclic) bond motifs is 1. The summed E-state index contributed by atoms with van der Waals surface area (Å²) in [5.41, 5.74) is 2.33. The summed E-state index contributed by atoms with van der Waals surface area (Å²) in [5, 5.41) is 3.04.